The molecule has 5 nitrogen and oxygen atoms in total. The summed E-state index contributed by atoms with van der Waals surface area (Å²) in [6.07, 6.45) is 0. The van der Waals surface area contributed by atoms with Crippen LogP contribution in [-0.2, 0) is 17.9 Å². The van der Waals surface area contributed by atoms with E-state index >= 15 is 0 Å². The van der Waals surface area contributed by atoms with Gasteiger partial charge in [0.1, 0.15) is 6.61 Å². The molecule has 0 saturated carbocycles. The van der Waals surface area contributed by atoms with E-state index in [-0.39, 0.29) is 5.97 Å². The second-order valence-electron chi connectivity index (χ2n) is 6.56. The van der Waals surface area contributed by atoms with Crippen molar-refractivity contribution in [2.75, 3.05) is 19.0 Å². The Morgan fingerprint density at radius 3 is 2.47 bits per heavy atom. The number of nitrogens with one attached hydrogen (secondary N) is 1. The predicted molar refractivity (Wildman–Crippen MR) is 119 cm³/mol. The number of ether oxygens (including phenoxy) is 3. The molecule has 3 aromatic carbocycles. The van der Waals surface area contributed by atoms with Gasteiger partial charge in [0.05, 0.1) is 19.3 Å². The Labute approximate surface area is 181 Å². The third kappa shape index (κ3) is 5.91. The maximum Gasteiger partial charge on any atom is 0.338 e. The lowest BCUT2D eigenvalue weighted by Gasteiger charge is -2.13. The monoisotopic (exact) mass is 425 g/mol. The zero-order valence-electron chi connectivity index (χ0n) is 17.0. The molecule has 30 heavy (non-hydrogen) atoms. The lowest BCUT2D eigenvalue weighted by Crippen LogP contribution is -2.05. The van der Waals surface area contributed by atoms with Crippen LogP contribution in [0.1, 0.15) is 28.4 Å². The Hall–Kier alpha value is -3.18. The van der Waals surface area contributed by atoms with Crippen molar-refractivity contribution in [1.82, 2.24) is 0 Å². The van der Waals surface area contributed by atoms with Crippen LogP contribution in [-0.4, -0.2) is 19.7 Å². The average Bonchev–Trinajstić information content (AvgIpc) is 2.77. The van der Waals surface area contributed by atoms with Gasteiger partial charge in [0, 0.05) is 17.3 Å². The SMILES string of the molecule is CCOC(=O)c1ccc(NCc2ccc(OCc3cccc(Cl)c3)c(OC)c2)cc1. The molecule has 6 heteroatoms. The summed E-state index contributed by atoms with van der Waals surface area (Å²) in [5.74, 6) is 1.01. The van der Waals surface area contributed by atoms with Crippen molar-refractivity contribution >= 4 is 23.3 Å². The summed E-state index contributed by atoms with van der Waals surface area (Å²) >= 11 is 6.02. The molecule has 0 bridgehead atoms. The van der Waals surface area contributed by atoms with Crippen molar-refractivity contribution in [1.29, 1.82) is 0 Å². The number of halogens is 1. The van der Waals surface area contributed by atoms with Gasteiger partial charge in [-0.05, 0) is 66.6 Å². The quantitative estimate of drug-likeness (QED) is 0.444. The molecular formula is C24H24ClNO4. The highest BCUT2D eigenvalue weighted by Crippen LogP contribution is 2.29. The highest BCUT2D eigenvalue weighted by molar-refractivity contribution is 6.30. The number of carbonyl (C=O) groups is 1. The van der Waals surface area contributed by atoms with E-state index in [9.17, 15) is 4.79 Å². The summed E-state index contributed by atoms with van der Waals surface area (Å²) in [5.41, 5.74) is 3.46. The molecule has 0 radical (unpaired) electrons. The normalized spacial score (nSPS) is 10.4. The number of anilines is 1. The summed E-state index contributed by atoms with van der Waals surface area (Å²) in [5, 5.41) is 4.01. The number of hydrogen-bond donors (Lipinski definition) is 1. The Kier molecular flexibility index (Phi) is 7.57. The van der Waals surface area contributed by atoms with Crippen LogP contribution >= 0.6 is 11.6 Å². The van der Waals surface area contributed by atoms with Gasteiger partial charge in [-0.3, -0.25) is 0 Å². The predicted octanol–water partition coefficient (Wildman–Crippen LogP) is 5.72. The van der Waals surface area contributed by atoms with Gasteiger partial charge >= 0.3 is 5.97 Å². The first-order valence-electron chi connectivity index (χ1n) is 9.64. The maximum absolute atomic E-state index is 11.7. The molecule has 3 aromatic rings. The van der Waals surface area contributed by atoms with E-state index < -0.39 is 0 Å². The van der Waals surface area contributed by atoms with Crippen LogP contribution in [0.3, 0.4) is 0 Å². The fourth-order valence-corrected chi connectivity index (χ4v) is 3.08. The van der Waals surface area contributed by atoms with Crippen molar-refractivity contribution in [2.24, 2.45) is 0 Å². The molecule has 1 N–H and O–H groups in total. The molecule has 0 aliphatic heterocycles. The van der Waals surface area contributed by atoms with Crippen LogP contribution in [0, 0.1) is 0 Å². The summed E-state index contributed by atoms with van der Waals surface area (Å²) in [4.78, 5) is 11.7. The third-order valence-corrected chi connectivity index (χ3v) is 4.64. The van der Waals surface area contributed by atoms with Gasteiger partial charge in [-0.15, -0.1) is 0 Å². The first kappa shape index (κ1) is 21.5. The topological polar surface area (TPSA) is 56.8 Å². The van der Waals surface area contributed by atoms with Crippen molar-refractivity contribution < 1.29 is 19.0 Å². The van der Waals surface area contributed by atoms with E-state index in [0.717, 1.165) is 16.8 Å². The van der Waals surface area contributed by atoms with Crippen molar-refractivity contribution in [3.8, 4) is 11.5 Å². The molecule has 0 aliphatic carbocycles. The lowest BCUT2D eigenvalue weighted by atomic mass is 10.1. The van der Waals surface area contributed by atoms with E-state index in [1.165, 1.54) is 0 Å². The Morgan fingerprint density at radius 2 is 1.77 bits per heavy atom. The van der Waals surface area contributed by atoms with E-state index in [1.54, 1.807) is 26.2 Å². The van der Waals surface area contributed by atoms with Gasteiger partial charge in [0.25, 0.3) is 0 Å². The molecule has 0 spiro atoms. The molecule has 0 heterocycles. The molecular weight excluding hydrogens is 402 g/mol. The Morgan fingerprint density at radius 1 is 0.967 bits per heavy atom. The standard InChI is InChI=1S/C24H24ClNO4/c1-3-29-24(27)19-8-10-21(11-9-19)26-15-17-7-12-22(23(14-17)28-2)30-16-18-5-4-6-20(25)13-18/h4-14,26H,3,15-16H2,1-2H3. The zero-order valence-corrected chi connectivity index (χ0v) is 17.7. The van der Waals surface area contributed by atoms with Gasteiger partial charge in [0.15, 0.2) is 11.5 Å². The molecule has 0 aliphatic rings. The molecule has 0 aromatic heterocycles. The number of benzene rings is 3. The van der Waals surface area contributed by atoms with Crippen LogP contribution in [0.5, 0.6) is 11.5 Å². The largest absolute Gasteiger partial charge is 0.493 e. The molecule has 0 saturated heterocycles. The fourth-order valence-electron chi connectivity index (χ4n) is 2.87. The van der Waals surface area contributed by atoms with E-state index in [0.29, 0.717) is 41.8 Å². The van der Waals surface area contributed by atoms with E-state index in [2.05, 4.69) is 5.32 Å². The van der Waals surface area contributed by atoms with Crippen LogP contribution in [0.4, 0.5) is 5.69 Å². The average molecular weight is 426 g/mol. The van der Waals surface area contributed by atoms with Gasteiger partial charge in [-0.25, -0.2) is 4.79 Å². The van der Waals surface area contributed by atoms with Gasteiger partial charge in [-0.1, -0.05) is 29.8 Å². The first-order valence-corrected chi connectivity index (χ1v) is 10.0. The molecule has 156 valence electrons. The number of carbonyl (C=O) groups excluding carboxylic acids is 1. The van der Waals surface area contributed by atoms with Crippen LogP contribution in [0.25, 0.3) is 0 Å². The van der Waals surface area contributed by atoms with Crippen molar-refractivity contribution in [2.45, 2.75) is 20.1 Å². The highest BCUT2D eigenvalue weighted by atomic mass is 35.5. The summed E-state index contributed by atoms with van der Waals surface area (Å²) < 4.78 is 16.4. The molecule has 3 rings (SSSR count). The second kappa shape index (κ2) is 10.6. The molecule has 0 unspecified atom stereocenters. The minimum Gasteiger partial charge on any atom is -0.493 e. The van der Waals surface area contributed by atoms with Crippen LogP contribution < -0.4 is 14.8 Å². The zero-order chi connectivity index (χ0) is 21.3. The smallest absolute Gasteiger partial charge is 0.338 e. The number of methoxy groups -OCH3 is 1. The second-order valence-corrected chi connectivity index (χ2v) is 6.99. The first-order chi connectivity index (χ1) is 14.6. The highest BCUT2D eigenvalue weighted by Gasteiger charge is 2.08. The Bertz CT molecular complexity index is 989. The number of esters is 1. The van der Waals surface area contributed by atoms with Crippen LogP contribution in [0.2, 0.25) is 5.02 Å². The molecule has 0 atom stereocenters. The maximum atomic E-state index is 11.7. The fraction of sp³-hybridized carbons (Fsp3) is 0.208. The lowest BCUT2D eigenvalue weighted by molar-refractivity contribution is 0.0526. The van der Waals surface area contributed by atoms with Crippen molar-refractivity contribution in [3.63, 3.8) is 0 Å². The summed E-state index contributed by atoms with van der Waals surface area (Å²) in [6, 6.07) is 20.6. The Balaban J connectivity index is 1.59. The molecule has 0 amide bonds. The van der Waals surface area contributed by atoms with Gasteiger partial charge < -0.3 is 19.5 Å². The van der Waals surface area contributed by atoms with Crippen LogP contribution in [0.15, 0.2) is 66.7 Å². The van der Waals surface area contributed by atoms with E-state index in [4.69, 9.17) is 25.8 Å². The number of hydrogen-bond acceptors (Lipinski definition) is 5. The minimum absolute atomic E-state index is 0.317. The van der Waals surface area contributed by atoms with Gasteiger partial charge in [-0.2, -0.15) is 0 Å². The summed E-state index contributed by atoms with van der Waals surface area (Å²) in [7, 11) is 1.62. The minimum atomic E-state index is -0.317. The summed E-state index contributed by atoms with van der Waals surface area (Å²) in [6.45, 7) is 3.15. The van der Waals surface area contributed by atoms with E-state index in [1.807, 2.05) is 54.6 Å². The van der Waals surface area contributed by atoms with Crippen molar-refractivity contribution in [3.05, 3.63) is 88.4 Å². The molecule has 0 fully saturated rings. The van der Waals surface area contributed by atoms with Gasteiger partial charge in [0.2, 0.25) is 0 Å². The number of rotatable bonds is 9. The third-order valence-electron chi connectivity index (χ3n) is 4.40.